The molecule has 2 heterocycles. The summed E-state index contributed by atoms with van der Waals surface area (Å²) in [5.74, 6) is 0.0416. The van der Waals surface area contributed by atoms with E-state index in [1.54, 1.807) is 6.20 Å². The van der Waals surface area contributed by atoms with Crippen LogP contribution in [0.3, 0.4) is 0 Å². The van der Waals surface area contributed by atoms with Gasteiger partial charge in [0.25, 0.3) is 0 Å². The lowest BCUT2D eigenvalue weighted by atomic mass is 9.82. The molecule has 0 radical (unpaired) electrons. The van der Waals surface area contributed by atoms with Crippen molar-refractivity contribution >= 4 is 0 Å². The van der Waals surface area contributed by atoms with Gasteiger partial charge in [0, 0.05) is 18.7 Å². The molecule has 2 nitrogen and oxygen atoms in total. The van der Waals surface area contributed by atoms with Crippen molar-refractivity contribution in [2.75, 3.05) is 13.1 Å². The lowest BCUT2D eigenvalue weighted by Crippen LogP contribution is -2.44. The van der Waals surface area contributed by atoms with Gasteiger partial charge in [-0.05, 0) is 25.1 Å². The Morgan fingerprint density at radius 1 is 1.62 bits per heavy atom. The first kappa shape index (κ1) is 8.75. The van der Waals surface area contributed by atoms with Crippen LogP contribution >= 0.6 is 0 Å². The number of alkyl halides is 1. The summed E-state index contributed by atoms with van der Waals surface area (Å²) in [7, 11) is 0. The Hall–Kier alpha value is -0.830. The molecule has 3 heteroatoms. The molecule has 0 aliphatic carbocycles. The summed E-state index contributed by atoms with van der Waals surface area (Å²) in [6.07, 6.45) is 2.35. The van der Waals surface area contributed by atoms with Gasteiger partial charge < -0.3 is 10.3 Å². The molecule has 0 bridgehead atoms. The zero-order valence-electron chi connectivity index (χ0n) is 7.81. The minimum absolute atomic E-state index is 0.0416. The van der Waals surface area contributed by atoms with E-state index in [1.807, 2.05) is 19.1 Å². The van der Waals surface area contributed by atoms with Crippen LogP contribution in [0.25, 0.3) is 0 Å². The van der Waals surface area contributed by atoms with E-state index in [-0.39, 0.29) is 5.92 Å². The average Bonchev–Trinajstić information content (AvgIpc) is 2.63. The smallest absolute Gasteiger partial charge is 0.155 e. The van der Waals surface area contributed by atoms with Crippen molar-refractivity contribution in [3.05, 3.63) is 24.0 Å². The molecule has 13 heavy (non-hydrogen) atoms. The highest BCUT2D eigenvalue weighted by atomic mass is 19.1. The molecule has 72 valence electrons. The normalized spacial score (nSPS) is 34.8. The highest BCUT2D eigenvalue weighted by molar-refractivity contribution is 5.16. The molecule has 1 aromatic rings. The van der Waals surface area contributed by atoms with Crippen molar-refractivity contribution in [1.29, 1.82) is 0 Å². The number of H-pyrrole nitrogens is 1. The molecule has 0 amide bonds. The molecule has 2 atom stereocenters. The molecule has 1 aliphatic heterocycles. The molecule has 1 fully saturated rings. The maximum absolute atomic E-state index is 14.5. The highest BCUT2D eigenvalue weighted by Gasteiger charge is 2.40. The van der Waals surface area contributed by atoms with Gasteiger partial charge in [0.05, 0.1) is 5.69 Å². The van der Waals surface area contributed by atoms with E-state index >= 15 is 0 Å². The van der Waals surface area contributed by atoms with E-state index in [1.165, 1.54) is 0 Å². The maximum Gasteiger partial charge on any atom is 0.155 e. The number of rotatable bonds is 1. The number of aromatic nitrogens is 1. The van der Waals surface area contributed by atoms with Gasteiger partial charge in [-0.1, -0.05) is 6.92 Å². The van der Waals surface area contributed by atoms with Crippen LogP contribution in [-0.2, 0) is 5.67 Å². The van der Waals surface area contributed by atoms with E-state index in [2.05, 4.69) is 10.3 Å². The summed E-state index contributed by atoms with van der Waals surface area (Å²) in [5, 5.41) is 3.20. The molecule has 2 unspecified atom stereocenters. The first-order valence-corrected chi connectivity index (χ1v) is 4.77. The molecular formula is C10H15FN2. The third kappa shape index (κ3) is 1.37. The molecule has 2 N–H and O–H groups in total. The fourth-order valence-corrected chi connectivity index (χ4v) is 1.99. The number of piperidine rings is 1. The Bertz CT molecular complexity index is 270. The third-order valence-corrected chi connectivity index (χ3v) is 2.94. The lowest BCUT2D eigenvalue weighted by molar-refractivity contribution is 0.0510. The maximum atomic E-state index is 14.5. The van der Waals surface area contributed by atoms with Gasteiger partial charge in [-0.3, -0.25) is 0 Å². The van der Waals surface area contributed by atoms with Crippen LogP contribution < -0.4 is 5.32 Å². The molecule has 2 rings (SSSR count). The Balaban J connectivity index is 2.27. The van der Waals surface area contributed by atoms with Gasteiger partial charge in [0.2, 0.25) is 0 Å². The van der Waals surface area contributed by atoms with Crippen molar-refractivity contribution in [1.82, 2.24) is 10.3 Å². The van der Waals surface area contributed by atoms with Gasteiger partial charge in [0.1, 0.15) is 0 Å². The van der Waals surface area contributed by atoms with Crippen LogP contribution in [0.5, 0.6) is 0 Å². The van der Waals surface area contributed by atoms with Crippen molar-refractivity contribution in [2.45, 2.75) is 19.0 Å². The van der Waals surface area contributed by atoms with Crippen molar-refractivity contribution in [3.8, 4) is 0 Å². The van der Waals surface area contributed by atoms with Crippen LogP contribution in [0.1, 0.15) is 19.0 Å². The Morgan fingerprint density at radius 2 is 2.46 bits per heavy atom. The van der Waals surface area contributed by atoms with Gasteiger partial charge in [0.15, 0.2) is 5.67 Å². The number of hydrogen-bond acceptors (Lipinski definition) is 1. The summed E-state index contributed by atoms with van der Waals surface area (Å²) in [5.41, 5.74) is -0.434. The second-order valence-electron chi connectivity index (χ2n) is 3.80. The zero-order chi connectivity index (χ0) is 9.31. The number of nitrogens with one attached hydrogen (secondary N) is 2. The number of hydrogen-bond donors (Lipinski definition) is 2. The molecule has 0 spiro atoms. The lowest BCUT2D eigenvalue weighted by Gasteiger charge is -2.35. The van der Waals surface area contributed by atoms with Gasteiger partial charge in [-0.2, -0.15) is 0 Å². The highest BCUT2D eigenvalue weighted by Crippen LogP contribution is 2.37. The van der Waals surface area contributed by atoms with E-state index in [0.29, 0.717) is 6.42 Å². The van der Waals surface area contributed by atoms with Gasteiger partial charge in [-0.25, -0.2) is 4.39 Å². The van der Waals surface area contributed by atoms with E-state index in [4.69, 9.17) is 0 Å². The van der Waals surface area contributed by atoms with Crippen LogP contribution in [0.15, 0.2) is 18.3 Å². The minimum atomic E-state index is -1.16. The third-order valence-electron chi connectivity index (χ3n) is 2.94. The minimum Gasteiger partial charge on any atom is -0.362 e. The summed E-state index contributed by atoms with van der Waals surface area (Å²) < 4.78 is 14.5. The quantitative estimate of drug-likeness (QED) is 0.681. The Morgan fingerprint density at radius 3 is 3.08 bits per heavy atom. The molecule has 1 aromatic heterocycles. The van der Waals surface area contributed by atoms with E-state index < -0.39 is 5.67 Å². The fourth-order valence-electron chi connectivity index (χ4n) is 1.99. The summed E-state index contributed by atoms with van der Waals surface area (Å²) in [6.45, 7) is 3.47. The fraction of sp³-hybridized carbons (Fsp3) is 0.600. The predicted octanol–water partition coefficient (Wildman–Crippen LogP) is 1.81. The Labute approximate surface area is 77.5 Å². The van der Waals surface area contributed by atoms with Crippen LogP contribution in [0, 0.1) is 5.92 Å². The first-order chi connectivity index (χ1) is 6.23. The summed E-state index contributed by atoms with van der Waals surface area (Å²) in [4.78, 5) is 2.98. The second kappa shape index (κ2) is 3.14. The van der Waals surface area contributed by atoms with Crippen LogP contribution in [-0.4, -0.2) is 18.1 Å². The SMILES string of the molecule is CC1CNCCC1(F)c1ccc[nH]1. The second-order valence-corrected chi connectivity index (χ2v) is 3.80. The van der Waals surface area contributed by atoms with E-state index in [9.17, 15) is 4.39 Å². The topological polar surface area (TPSA) is 27.8 Å². The predicted molar refractivity (Wildman–Crippen MR) is 50.2 cm³/mol. The van der Waals surface area contributed by atoms with Gasteiger partial charge in [-0.15, -0.1) is 0 Å². The van der Waals surface area contributed by atoms with Crippen molar-refractivity contribution in [2.24, 2.45) is 5.92 Å². The standard InChI is InChI=1S/C10H15FN2/c1-8-7-12-6-4-10(8,11)9-3-2-5-13-9/h2-3,5,8,12-13H,4,6-7H2,1H3. The van der Waals surface area contributed by atoms with Crippen LogP contribution in [0.4, 0.5) is 4.39 Å². The molecule has 1 saturated heterocycles. The molecule has 0 aromatic carbocycles. The van der Waals surface area contributed by atoms with Crippen molar-refractivity contribution in [3.63, 3.8) is 0 Å². The molecular weight excluding hydrogens is 167 g/mol. The first-order valence-electron chi connectivity index (χ1n) is 4.77. The van der Waals surface area contributed by atoms with Crippen molar-refractivity contribution < 1.29 is 4.39 Å². The monoisotopic (exact) mass is 182 g/mol. The van der Waals surface area contributed by atoms with Crippen LogP contribution in [0.2, 0.25) is 0 Å². The summed E-state index contributed by atoms with van der Waals surface area (Å²) in [6, 6.07) is 3.69. The molecule has 0 saturated carbocycles. The number of aromatic amines is 1. The van der Waals surface area contributed by atoms with E-state index in [0.717, 1.165) is 18.8 Å². The largest absolute Gasteiger partial charge is 0.362 e. The Kier molecular flexibility index (Phi) is 2.12. The summed E-state index contributed by atoms with van der Waals surface area (Å²) >= 11 is 0. The molecule has 1 aliphatic rings. The zero-order valence-corrected chi connectivity index (χ0v) is 7.81. The van der Waals surface area contributed by atoms with Gasteiger partial charge >= 0.3 is 0 Å². The average molecular weight is 182 g/mol. The number of halogens is 1.